The van der Waals surface area contributed by atoms with Crippen LogP contribution in [0.4, 0.5) is 17.6 Å². The van der Waals surface area contributed by atoms with Crippen molar-refractivity contribution < 1.29 is 17.6 Å². The van der Waals surface area contributed by atoms with E-state index in [1.807, 2.05) is 0 Å². The Morgan fingerprint density at radius 3 is 2.13 bits per heavy atom. The Balaban J connectivity index is 2.52. The molecule has 0 aromatic heterocycles. The first-order valence-corrected chi connectivity index (χ1v) is 4.67. The number of hydrogen-bond donors (Lipinski definition) is 1. The minimum atomic E-state index is -1.35. The number of hydrogen-bond acceptors (Lipinski definition) is 1. The summed E-state index contributed by atoms with van der Waals surface area (Å²) in [6.07, 6.45) is 1.22. The van der Waals surface area contributed by atoms with Crippen molar-refractivity contribution in [3.63, 3.8) is 0 Å². The van der Waals surface area contributed by atoms with E-state index in [-0.39, 0.29) is 6.07 Å². The fraction of sp³-hybridized carbons (Fsp3) is 0.400. The highest BCUT2D eigenvalue weighted by atomic mass is 19.2. The molecule has 1 aliphatic rings. The summed E-state index contributed by atoms with van der Waals surface area (Å²) in [5, 5.41) is 2.80. The van der Waals surface area contributed by atoms with Crippen LogP contribution in [0.3, 0.4) is 0 Å². The SMILES string of the molecule is Fc1cc(F)c(F)c([C@@H]2CCCN2)c1F. The van der Waals surface area contributed by atoms with Gasteiger partial charge in [-0.1, -0.05) is 0 Å². The second kappa shape index (κ2) is 3.81. The van der Waals surface area contributed by atoms with Crippen molar-refractivity contribution in [2.24, 2.45) is 0 Å². The van der Waals surface area contributed by atoms with Gasteiger partial charge in [0.2, 0.25) is 0 Å². The molecule has 1 aromatic carbocycles. The van der Waals surface area contributed by atoms with Crippen LogP contribution in [0.5, 0.6) is 0 Å². The van der Waals surface area contributed by atoms with Crippen molar-refractivity contribution in [2.45, 2.75) is 18.9 Å². The maximum atomic E-state index is 13.3. The quantitative estimate of drug-likeness (QED) is 0.565. The first kappa shape index (κ1) is 10.4. The molecule has 1 fully saturated rings. The van der Waals surface area contributed by atoms with Gasteiger partial charge in [0.15, 0.2) is 23.3 Å². The van der Waals surface area contributed by atoms with E-state index >= 15 is 0 Å². The fourth-order valence-corrected chi connectivity index (χ4v) is 1.83. The molecule has 2 rings (SSSR count). The van der Waals surface area contributed by atoms with Gasteiger partial charge in [0.25, 0.3) is 0 Å². The molecule has 0 unspecified atom stereocenters. The van der Waals surface area contributed by atoms with Gasteiger partial charge in [-0.2, -0.15) is 0 Å². The topological polar surface area (TPSA) is 12.0 Å². The maximum absolute atomic E-state index is 13.3. The number of halogens is 4. The van der Waals surface area contributed by atoms with Crippen molar-refractivity contribution in [1.29, 1.82) is 0 Å². The predicted octanol–water partition coefficient (Wildman–Crippen LogP) is 2.67. The molecule has 0 radical (unpaired) electrons. The summed E-state index contributed by atoms with van der Waals surface area (Å²) in [6.45, 7) is 0.599. The van der Waals surface area contributed by atoms with Crippen LogP contribution >= 0.6 is 0 Å². The highest BCUT2D eigenvalue weighted by Gasteiger charge is 2.27. The normalized spacial score (nSPS) is 20.9. The summed E-state index contributed by atoms with van der Waals surface area (Å²) in [7, 11) is 0. The lowest BCUT2D eigenvalue weighted by Crippen LogP contribution is -2.17. The van der Waals surface area contributed by atoms with Gasteiger partial charge in [-0.25, -0.2) is 17.6 Å². The minimum absolute atomic E-state index is 0.225. The molecule has 15 heavy (non-hydrogen) atoms. The zero-order valence-corrected chi connectivity index (χ0v) is 7.79. The molecule has 0 saturated carbocycles. The second-order valence-corrected chi connectivity index (χ2v) is 3.53. The molecule has 0 amide bonds. The summed E-state index contributed by atoms with van der Waals surface area (Å²) in [4.78, 5) is 0. The third-order valence-electron chi connectivity index (χ3n) is 2.55. The van der Waals surface area contributed by atoms with Crippen molar-refractivity contribution in [1.82, 2.24) is 5.32 Å². The monoisotopic (exact) mass is 219 g/mol. The molecule has 0 bridgehead atoms. The van der Waals surface area contributed by atoms with Gasteiger partial charge >= 0.3 is 0 Å². The Morgan fingerprint density at radius 2 is 1.67 bits per heavy atom. The average molecular weight is 219 g/mol. The third kappa shape index (κ3) is 1.71. The average Bonchev–Trinajstić information content (AvgIpc) is 2.69. The van der Waals surface area contributed by atoms with Crippen molar-refractivity contribution in [3.05, 3.63) is 34.9 Å². The molecule has 0 spiro atoms. The van der Waals surface area contributed by atoms with Gasteiger partial charge in [-0.15, -0.1) is 0 Å². The summed E-state index contributed by atoms with van der Waals surface area (Å²) >= 11 is 0. The van der Waals surface area contributed by atoms with Crippen LogP contribution in [0.1, 0.15) is 24.4 Å². The molecule has 1 saturated heterocycles. The van der Waals surface area contributed by atoms with Gasteiger partial charge in [-0.05, 0) is 19.4 Å². The largest absolute Gasteiger partial charge is 0.310 e. The number of benzene rings is 1. The van der Waals surface area contributed by atoms with E-state index in [1.165, 1.54) is 0 Å². The standard InChI is InChI=1S/C10H9F4N/c11-5-4-6(12)10(14)8(9(5)13)7-2-1-3-15-7/h4,7,15H,1-3H2/t7-/m0/s1. The molecule has 1 nitrogen and oxygen atoms in total. The van der Waals surface area contributed by atoms with Gasteiger partial charge in [-0.3, -0.25) is 0 Å². The summed E-state index contributed by atoms with van der Waals surface area (Å²) < 4.78 is 52.3. The van der Waals surface area contributed by atoms with Crippen molar-refractivity contribution in [2.75, 3.05) is 6.54 Å². The summed E-state index contributed by atoms with van der Waals surface area (Å²) in [5.74, 6) is -5.29. The highest BCUT2D eigenvalue weighted by Crippen LogP contribution is 2.30. The van der Waals surface area contributed by atoms with Crippen LogP contribution in [0.15, 0.2) is 6.07 Å². The van der Waals surface area contributed by atoms with E-state index in [9.17, 15) is 17.6 Å². The Hall–Kier alpha value is -1.10. The van der Waals surface area contributed by atoms with Gasteiger partial charge in [0.1, 0.15) is 0 Å². The van der Waals surface area contributed by atoms with Crippen LogP contribution in [0.25, 0.3) is 0 Å². The van der Waals surface area contributed by atoms with E-state index in [0.29, 0.717) is 13.0 Å². The molecule has 1 aromatic rings. The third-order valence-corrected chi connectivity index (χ3v) is 2.55. The van der Waals surface area contributed by atoms with E-state index in [2.05, 4.69) is 5.32 Å². The van der Waals surface area contributed by atoms with Crippen LogP contribution in [0, 0.1) is 23.3 Å². The molecule has 1 N–H and O–H groups in total. The van der Waals surface area contributed by atoms with Gasteiger partial charge < -0.3 is 5.32 Å². The highest BCUT2D eigenvalue weighted by molar-refractivity contribution is 5.26. The Labute approximate surface area is 84.1 Å². The smallest absolute Gasteiger partial charge is 0.166 e. The molecule has 1 aliphatic heterocycles. The molecule has 5 heteroatoms. The Bertz CT molecular complexity index is 359. The molecule has 1 atom stereocenters. The Morgan fingerprint density at radius 1 is 1.07 bits per heavy atom. The van der Waals surface area contributed by atoms with Crippen LogP contribution in [0.2, 0.25) is 0 Å². The van der Waals surface area contributed by atoms with E-state index in [4.69, 9.17) is 0 Å². The molecule has 0 aliphatic carbocycles. The first-order chi connectivity index (χ1) is 7.11. The summed E-state index contributed by atoms with van der Waals surface area (Å²) in [5.41, 5.74) is -0.523. The van der Waals surface area contributed by atoms with Crippen molar-refractivity contribution >= 4 is 0 Å². The molecular weight excluding hydrogens is 210 g/mol. The lowest BCUT2D eigenvalue weighted by atomic mass is 10.0. The molecular formula is C10H9F4N. The van der Waals surface area contributed by atoms with Gasteiger partial charge in [0, 0.05) is 17.7 Å². The first-order valence-electron chi connectivity index (χ1n) is 4.67. The zero-order valence-electron chi connectivity index (χ0n) is 7.79. The van der Waals surface area contributed by atoms with Crippen LogP contribution in [-0.4, -0.2) is 6.54 Å². The lowest BCUT2D eigenvalue weighted by Gasteiger charge is -2.13. The van der Waals surface area contributed by atoms with Crippen molar-refractivity contribution in [3.8, 4) is 0 Å². The van der Waals surface area contributed by atoms with E-state index in [1.54, 1.807) is 0 Å². The van der Waals surface area contributed by atoms with Crippen LogP contribution in [-0.2, 0) is 0 Å². The van der Waals surface area contributed by atoms with E-state index < -0.39 is 34.9 Å². The minimum Gasteiger partial charge on any atom is -0.310 e. The summed E-state index contributed by atoms with van der Waals surface area (Å²) in [6, 6.07) is -0.404. The number of rotatable bonds is 1. The molecule has 82 valence electrons. The maximum Gasteiger partial charge on any atom is 0.166 e. The molecule has 1 heterocycles. The lowest BCUT2D eigenvalue weighted by molar-refractivity contribution is 0.420. The van der Waals surface area contributed by atoms with E-state index in [0.717, 1.165) is 6.42 Å². The fourth-order valence-electron chi connectivity index (χ4n) is 1.83. The van der Waals surface area contributed by atoms with Gasteiger partial charge in [0.05, 0.1) is 0 Å². The zero-order chi connectivity index (χ0) is 11.0. The Kier molecular flexibility index (Phi) is 2.65. The predicted molar refractivity (Wildman–Crippen MR) is 46.3 cm³/mol. The van der Waals surface area contributed by atoms with Crippen LogP contribution < -0.4 is 5.32 Å². The number of nitrogens with one attached hydrogen (secondary N) is 1. The second-order valence-electron chi connectivity index (χ2n) is 3.53.